The molecule has 0 saturated carbocycles. The van der Waals surface area contributed by atoms with Crippen molar-refractivity contribution in [2.45, 2.75) is 18.2 Å². The van der Waals surface area contributed by atoms with Gasteiger partial charge in [-0.15, -0.1) is 0 Å². The summed E-state index contributed by atoms with van der Waals surface area (Å²) in [4.78, 5) is 12.4. The summed E-state index contributed by atoms with van der Waals surface area (Å²) in [5, 5.41) is 7.17. The summed E-state index contributed by atoms with van der Waals surface area (Å²) in [7, 11) is -4.00. The van der Waals surface area contributed by atoms with Gasteiger partial charge in [-0.05, 0) is 66.9 Å². The van der Waals surface area contributed by atoms with Crippen LogP contribution in [-0.2, 0) is 16.4 Å². The van der Waals surface area contributed by atoms with Gasteiger partial charge < -0.3 is 5.32 Å². The Morgan fingerprint density at radius 3 is 2.59 bits per heavy atom. The fourth-order valence-corrected chi connectivity index (χ4v) is 4.37. The van der Waals surface area contributed by atoms with Crippen molar-refractivity contribution in [2.24, 2.45) is 0 Å². The molecule has 2 N–H and O–H groups in total. The number of aromatic nitrogens is 2. The van der Waals surface area contributed by atoms with Crippen LogP contribution in [0.2, 0.25) is 0 Å². The fraction of sp³-hybridized carbons (Fsp3) is 0.120. The van der Waals surface area contributed by atoms with Crippen molar-refractivity contribution in [3.63, 3.8) is 0 Å². The summed E-state index contributed by atoms with van der Waals surface area (Å²) in [5.41, 5.74) is 2.78. The van der Waals surface area contributed by atoms with Gasteiger partial charge in [-0.3, -0.25) is 9.52 Å². The van der Waals surface area contributed by atoms with Crippen molar-refractivity contribution in [3.05, 3.63) is 108 Å². The molecule has 0 fully saturated rings. The minimum absolute atomic E-state index is 0.193. The summed E-state index contributed by atoms with van der Waals surface area (Å²) >= 11 is 0. The SMILES string of the molecule is Cc1ccc(S(=O)(=O)Nc2cccc(C(=O)NCCc3cnn(-c4ccccc4)c3)c2)cc1F. The third kappa shape index (κ3) is 5.49. The maximum absolute atomic E-state index is 13.8. The van der Waals surface area contributed by atoms with E-state index in [9.17, 15) is 17.6 Å². The van der Waals surface area contributed by atoms with Crippen molar-refractivity contribution in [1.29, 1.82) is 0 Å². The van der Waals surface area contributed by atoms with Crippen molar-refractivity contribution in [1.82, 2.24) is 15.1 Å². The summed E-state index contributed by atoms with van der Waals surface area (Å²) in [6.07, 6.45) is 4.25. The highest BCUT2D eigenvalue weighted by molar-refractivity contribution is 7.92. The average molecular weight is 479 g/mol. The molecule has 7 nitrogen and oxygen atoms in total. The molecule has 0 aliphatic heterocycles. The van der Waals surface area contributed by atoms with Gasteiger partial charge in [-0.2, -0.15) is 5.10 Å². The number of sulfonamides is 1. The van der Waals surface area contributed by atoms with E-state index in [4.69, 9.17) is 0 Å². The van der Waals surface area contributed by atoms with Crippen LogP contribution < -0.4 is 10.0 Å². The summed E-state index contributed by atoms with van der Waals surface area (Å²) in [6.45, 7) is 1.94. The van der Waals surface area contributed by atoms with E-state index in [1.807, 2.05) is 36.5 Å². The van der Waals surface area contributed by atoms with Crippen LogP contribution in [-0.4, -0.2) is 30.7 Å². The zero-order chi connectivity index (χ0) is 24.1. The molecule has 34 heavy (non-hydrogen) atoms. The lowest BCUT2D eigenvalue weighted by Crippen LogP contribution is -2.25. The highest BCUT2D eigenvalue weighted by Gasteiger charge is 2.17. The normalized spacial score (nSPS) is 11.2. The van der Waals surface area contributed by atoms with Gasteiger partial charge in [0.05, 0.1) is 16.8 Å². The molecule has 0 radical (unpaired) electrons. The van der Waals surface area contributed by atoms with E-state index in [1.165, 1.54) is 24.3 Å². The van der Waals surface area contributed by atoms with E-state index < -0.39 is 15.8 Å². The highest BCUT2D eigenvalue weighted by atomic mass is 32.2. The van der Waals surface area contributed by atoms with E-state index in [0.29, 0.717) is 24.1 Å². The zero-order valence-corrected chi connectivity index (χ0v) is 19.2. The number of carbonyl (C=O) groups is 1. The quantitative estimate of drug-likeness (QED) is 0.399. The number of para-hydroxylation sites is 1. The molecule has 1 heterocycles. The van der Waals surface area contributed by atoms with Gasteiger partial charge in [0.1, 0.15) is 5.82 Å². The van der Waals surface area contributed by atoms with E-state index in [0.717, 1.165) is 17.3 Å². The first-order valence-electron chi connectivity index (χ1n) is 10.6. The number of amides is 1. The van der Waals surface area contributed by atoms with Gasteiger partial charge in [0.2, 0.25) is 0 Å². The number of anilines is 1. The number of nitrogens with zero attached hydrogens (tertiary/aromatic N) is 2. The van der Waals surface area contributed by atoms with E-state index in [2.05, 4.69) is 15.1 Å². The summed E-state index contributed by atoms with van der Waals surface area (Å²) < 4.78 is 43.1. The summed E-state index contributed by atoms with van der Waals surface area (Å²) in [6, 6.07) is 19.5. The van der Waals surface area contributed by atoms with Crippen LogP contribution in [0.5, 0.6) is 0 Å². The van der Waals surface area contributed by atoms with Crippen LogP contribution in [0.1, 0.15) is 21.5 Å². The van der Waals surface area contributed by atoms with Crippen molar-refractivity contribution < 1.29 is 17.6 Å². The Kier molecular flexibility index (Phi) is 6.74. The first-order valence-corrected chi connectivity index (χ1v) is 12.1. The zero-order valence-electron chi connectivity index (χ0n) is 18.4. The Morgan fingerprint density at radius 2 is 1.82 bits per heavy atom. The Balaban J connectivity index is 1.36. The Bertz CT molecular complexity index is 1420. The van der Waals surface area contributed by atoms with Crippen molar-refractivity contribution >= 4 is 21.6 Å². The Morgan fingerprint density at radius 1 is 1.03 bits per heavy atom. The Labute approximate surface area is 197 Å². The minimum atomic E-state index is -4.00. The van der Waals surface area contributed by atoms with E-state index in [-0.39, 0.29) is 16.5 Å². The second-order valence-electron chi connectivity index (χ2n) is 7.73. The smallest absolute Gasteiger partial charge is 0.261 e. The first kappa shape index (κ1) is 23.2. The largest absolute Gasteiger partial charge is 0.352 e. The van der Waals surface area contributed by atoms with Gasteiger partial charge in [0.15, 0.2) is 0 Å². The molecule has 0 atom stereocenters. The lowest BCUT2D eigenvalue weighted by Gasteiger charge is -2.10. The fourth-order valence-electron chi connectivity index (χ4n) is 3.31. The molecule has 4 aromatic rings. The molecule has 0 unspecified atom stereocenters. The molecule has 0 spiro atoms. The van der Waals surface area contributed by atoms with Crippen LogP contribution in [0.25, 0.3) is 5.69 Å². The van der Waals surface area contributed by atoms with Crippen molar-refractivity contribution in [2.75, 3.05) is 11.3 Å². The average Bonchev–Trinajstić information content (AvgIpc) is 3.30. The number of hydrogen-bond donors (Lipinski definition) is 2. The van der Waals surface area contributed by atoms with Gasteiger partial charge >= 0.3 is 0 Å². The van der Waals surface area contributed by atoms with Gasteiger partial charge in [-0.1, -0.05) is 30.3 Å². The molecule has 0 aliphatic carbocycles. The molecule has 174 valence electrons. The number of nitrogens with one attached hydrogen (secondary N) is 2. The van der Waals surface area contributed by atoms with Crippen LogP contribution in [0.15, 0.2) is 90.1 Å². The lowest BCUT2D eigenvalue weighted by atomic mass is 10.2. The number of halogens is 1. The van der Waals surface area contributed by atoms with E-state index >= 15 is 0 Å². The third-order valence-electron chi connectivity index (χ3n) is 5.19. The number of benzene rings is 3. The third-order valence-corrected chi connectivity index (χ3v) is 6.57. The Hall–Kier alpha value is -3.98. The molecule has 9 heteroatoms. The number of rotatable bonds is 8. The molecule has 1 amide bonds. The minimum Gasteiger partial charge on any atom is -0.352 e. The van der Waals surface area contributed by atoms with Crippen LogP contribution in [0.3, 0.4) is 0 Å². The maximum atomic E-state index is 13.8. The molecule has 4 rings (SSSR count). The second kappa shape index (κ2) is 9.88. The standard InChI is InChI=1S/C25H23FN4O3S/c1-18-10-11-23(15-24(18)26)34(32,33)29-21-7-5-6-20(14-21)25(31)27-13-12-19-16-28-30(17-19)22-8-3-2-4-9-22/h2-11,14-17,29H,12-13H2,1H3,(H,27,31). The number of carbonyl (C=O) groups excluding carboxylic acids is 1. The van der Waals surface area contributed by atoms with Gasteiger partial charge in [0, 0.05) is 24.0 Å². The topological polar surface area (TPSA) is 93.1 Å². The van der Waals surface area contributed by atoms with Crippen LogP contribution >= 0.6 is 0 Å². The maximum Gasteiger partial charge on any atom is 0.261 e. The van der Waals surface area contributed by atoms with E-state index in [1.54, 1.807) is 29.9 Å². The lowest BCUT2D eigenvalue weighted by molar-refractivity contribution is 0.0954. The van der Waals surface area contributed by atoms with Gasteiger partial charge in [0.25, 0.3) is 15.9 Å². The predicted octanol–water partition coefficient (Wildman–Crippen LogP) is 4.09. The molecule has 0 bridgehead atoms. The van der Waals surface area contributed by atoms with Gasteiger partial charge in [-0.25, -0.2) is 17.5 Å². The summed E-state index contributed by atoms with van der Waals surface area (Å²) in [5.74, 6) is -0.941. The first-order chi connectivity index (χ1) is 16.3. The molecular weight excluding hydrogens is 455 g/mol. The molecule has 1 aromatic heterocycles. The molecule has 0 saturated heterocycles. The van der Waals surface area contributed by atoms with Crippen LogP contribution in [0.4, 0.5) is 10.1 Å². The molecule has 0 aliphatic rings. The molecule has 3 aromatic carbocycles. The van der Waals surface area contributed by atoms with Crippen LogP contribution in [0, 0.1) is 12.7 Å². The number of aryl methyl sites for hydroxylation is 1. The second-order valence-corrected chi connectivity index (χ2v) is 9.41. The highest BCUT2D eigenvalue weighted by Crippen LogP contribution is 2.19. The van der Waals surface area contributed by atoms with Crippen molar-refractivity contribution in [3.8, 4) is 5.69 Å². The molecular formula is C25H23FN4O3S. The number of hydrogen-bond acceptors (Lipinski definition) is 4. The monoisotopic (exact) mass is 478 g/mol. The predicted molar refractivity (Wildman–Crippen MR) is 128 cm³/mol.